The van der Waals surface area contributed by atoms with E-state index < -0.39 is 0 Å². The first-order valence-corrected chi connectivity index (χ1v) is 7.14. The van der Waals surface area contributed by atoms with E-state index in [1.165, 1.54) is 38.5 Å². The van der Waals surface area contributed by atoms with Gasteiger partial charge in [0, 0.05) is 5.54 Å². The zero-order valence-corrected chi connectivity index (χ0v) is 11.6. The molecule has 0 aliphatic heterocycles. The standard InChI is InChI=1S/C15H29N/c1-11-8-12(2)10-13(9-11)15(16)7-5-6-14(15,3)4/h11-13H,5-10,16H2,1-4H3. The molecule has 0 bridgehead atoms. The molecule has 16 heavy (non-hydrogen) atoms. The van der Waals surface area contributed by atoms with E-state index in [9.17, 15) is 0 Å². The molecule has 0 amide bonds. The van der Waals surface area contributed by atoms with Crippen molar-refractivity contribution < 1.29 is 0 Å². The predicted octanol–water partition coefficient (Wildman–Crippen LogP) is 3.97. The molecule has 0 saturated heterocycles. The summed E-state index contributed by atoms with van der Waals surface area (Å²) in [5.74, 6) is 2.53. The van der Waals surface area contributed by atoms with Gasteiger partial charge in [0.15, 0.2) is 0 Å². The van der Waals surface area contributed by atoms with Crippen LogP contribution >= 0.6 is 0 Å². The molecule has 2 rings (SSSR count). The molecule has 94 valence electrons. The van der Waals surface area contributed by atoms with Gasteiger partial charge in [-0.1, -0.05) is 34.1 Å². The molecule has 1 heteroatoms. The van der Waals surface area contributed by atoms with E-state index in [0.29, 0.717) is 5.41 Å². The zero-order chi connectivity index (χ0) is 12.0. The van der Waals surface area contributed by atoms with E-state index in [2.05, 4.69) is 27.7 Å². The largest absolute Gasteiger partial charge is 0.324 e. The molecule has 3 unspecified atom stereocenters. The van der Waals surface area contributed by atoms with Crippen molar-refractivity contribution in [2.75, 3.05) is 0 Å². The lowest BCUT2D eigenvalue weighted by atomic mass is 9.61. The Morgan fingerprint density at radius 1 is 0.938 bits per heavy atom. The first-order valence-electron chi connectivity index (χ1n) is 7.14. The molecular formula is C15H29N. The van der Waals surface area contributed by atoms with E-state index in [1.54, 1.807) is 0 Å². The second kappa shape index (κ2) is 4.01. The van der Waals surface area contributed by atoms with Crippen LogP contribution in [-0.2, 0) is 0 Å². The van der Waals surface area contributed by atoms with Gasteiger partial charge >= 0.3 is 0 Å². The molecule has 2 aliphatic rings. The highest BCUT2D eigenvalue weighted by atomic mass is 14.8. The zero-order valence-electron chi connectivity index (χ0n) is 11.6. The molecule has 0 aromatic rings. The van der Waals surface area contributed by atoms with Crippen LogP contribution in [0.1, 0.15) is 66.2 Å². The third-order valence-electron chi connectivity index (χ3n) is 5.56. The van der Waals surface area contributed by atoms with E-state index in [0.717, 1.165) is 17.8 Å². The summed E-state index contributed by atoms with van der Waals surface area (Å²) in [7, 11) is 0. The smallest absolute Gasteiger partial charge is 0.0234 e. The van der Waals surface area contributed by atoms with Crippen LogP contribution < -0.4 is 5.73 Å². The van der Waals surface area contributed by atoms with Gasteiger partial charge < -0.3 is 5.73 Å². The van der Waals surface area contributed by atoms with Gasteiger partial charge in [0.1, 0.15) is 0 Å². The lowest BCUT2D eigenvalue weighted by molar-refractivity contribution is 0.0661. The minimum atomic E-state index is 0.121. The summed E-state index contributed by atoms with van der Waals surface area (Å²) in [5.41, 5.74) is 7.31. The summed E-state index contributed by atoms with van der Waals surface area (Å²) in [6.07, 6.45) is 8.05. The van der Waals surface area contributed by atoms with Crippen molar-refractivity contribution >= 4 is 0 Å². The minimum absolute atomic E-state index is 0.121. The summed E-state index contributed by atoms with van der Waals surface area (Å²) >= 11 is 0. The topological polar surface area (TPSA) is 26.0 Å². The Bertz CT molecular complexity index is 248. The number of nitrogens with two attached hydrogens (primary N) is 1. The van der Waals surface area contributed by atoms with Crippen LogP contribution in [0.4, 0.5) is 0 Å². The molecule has 2 fully saturated rings. The minimum Gasteiger partial charge on any atom is -0.324 e. The average Bonchev–Trinajstić information content (AvgIpc) is 2.41. The quantitative estimate of drug-likeness (QED) is 0.715. The Morgan fingerprint density at radius 2 is 1.50 bits per heavy atom. The van der Waals surface area contributed by atoms with E-state index >= 15 is 0 Å². The van der Waals surface area contributed by atoms with Crippen molar-refractivity contribution in [3.8, 4) is 0 Å². The fourth-order valence-electron chi connectivity index (χ4n) is 4.52. The van der Waals surface area contributed by atoms with Gasteiger partial charge in [0.25, 0.3) is 0 Å². The van der Waals surface area contributed by atoms with E-state index in [-0.39, 0.29) is 5.54 Å². The van der Waals surface area contributed by atoms with Gasteiger partial charge in [-0.05, 0) is 55.3 Å². The Hall–Kier alpha value is -0.0400. The maximum Gasteiger partial charge on any atom is 0.0234 e. The number of rotatable bonds is 1. The number of hydrogen-bond acceptors (Lipinski definition) is 1. The van der Waals surface area contributed by atoms with Crippen molar-refractivity contribution in [1.29, 1.82) is 0 Å². The summed E-state index contributed by atoms with van der Waals surface area (Å²) < 4.78 is 0. The van der Waals surface area contributed by atoms with Crippen molar-refractivity contribution in [2.45, 2.75) is 71.8 Å². The number of hydrogen-bond donors (Lipinski definition) is 1. The van der Waals surface area contributed by atoms with Crippen LogP contribution in [0.5, 0.6) is 0 Å². The Balaban J connectivity index is 2.17. The van der Waals surface area contributed by atoms with Gasteiger partial charge in [0.2, 0.25) is 0 Å². The van der Waals surface area contributed by atoms with Crippen LogP contribution in [0.25, 0.3) is 0 Å². The van der Waals surface area contributed by atoms with Gasteiger partial charge in [-0.2, -0.15) is 0 Å². The first-order chi connectivity index (χ1) is 7.35. The third kappa shape index (κ3) is 1.92. The normalized spacial score (nSPS) is 48.2. The molecule has 3 atom stereocenters. The van der Waals surface area contributed by atoms with Crippen molar-refractivity contribution in [1.82, 2.24) is 0 Å². The van der Waals surface area contributed by atoms with Crippen molar-refractivity contribution in [3.05, 3.63) is 0 Å². The van der Waals surface area contributed by atoms with Gasteiger partial charge in [-0.3, -0.25) is 0 Å². The second-order valence-electron chi connectivity index (χ2n) is 7.39. The monoisotopic (exact) mass is 223 g/mol. The fraction of sp³-hybridized carbons (Fsp3) is 1.00. The molecular weight excluding hydrogens is 194 g/mol. The Kier molecular flexibility index (Phi) is 3.11. The van der Waals surface area contributed by atoms with Crippen LogP contribution in [0, 0.1) is 23.2 Å². The lowest BCUT2D eigenvalue weighted by Crippen LogP contribution is -2.56. The Labute approximate surface area is 101 Å². The highest BCUT2D eigenvalue weighted by molar-refractivity contribution is 5.07. The highest BCUT2D eigenvalue weighted by Gasteiger charge is 2.51. The summed E-state index contributed by atoms with van der Waals surface area (Å²) in [5, 5.41) is 0. The van der Waals surface area contributed by atoms with Gasteiger partial charge in [-0.15, -0.1) is 0 Å². The predicted molar refractivity (Wildman–Crippen MR) is 70.2 cm³/mol. The summed E-state index contributed by atoms with van der Waals surface area (Å²) in [6.45, 7) is 9.61. The first kappa shape index (κ1) is 12.4. The van der Waals surface area contributed by atoms with Gasteiger partial charge in [0.05, 0.1) is 0 Å². The Morgan fingerprint density at radius 3 is 1.94 bits per heavy atom. The lowest BCUT2D eigenvalue weighted by Gasteiger charge is -2.48. The molecule has 2 N–H and O–H groups in total. The maximum absolute atomic E-state index is 6.84. The van der Waals surface area contributed by atoms with E-state index in [4.69, 9.17) is 5.73 Å². The molecule has 1 nitrogen and oxygen atoms in total. The summed E-state index contributed by atoms with van der Waals surface area (Å²) in [6, 6.07) is 0. The third-order valence-corrected chi connectivity index (χ3v) is 5.56. The van der Waals surface area contributed by atoms with Crippen LogP contribution in [-0.4, -0.2) is 5.54 Å². The van der Waals surface area contributed by atoms with E-state index in [1.807, 2.05) is 0 Å². The van der Waals surface area contributed by atoms with Crippen LogP contribution in [0.2, 0.25) is 0 Å². The summed E-state index contributed by atoms with van der Waals surface area (Å²) in [4.78, 5) is 0. The molecule has 0 radical (unpaired) electrons. The average molecular weight is 223 g/mol. The maximum atomic E-state index is 6.84. The molecule has 0 aromatic carbocycles. The molecule has 0 spiro atoms. The molecule has 2 saturated carbocycles. The van der Waals surface area contributed by atoms with Crippen LogP contribution in [0.3, 0.4) is 0 Å². The van der Waals surface area contributed by atoms with Gasteiger partial charge in [-0.25, -0.2) is 0 Å². The second-order valence-corrected chi connectivity index (χ2v) is 7.39. The van der Waals surface area contributed by atoms with Crippen LogP contribution in [0.15, 0.2) is 0 Å². The van der Waals surface area contributed by atoms with Crippen molar-refractivity contribution in [2.24, 2.45) is 28.9 Å². The van der Waals surface area contributed by atoms with Crippen molar-refractivity contribution in [3.63, 3.8) is 0 Å². The SMILES string of the molecule is CC1CC(C)CC(C2(N)CCCC2(C)C)C1. The fourth-order valence-corrected chi connectivity index (χ4v) is 4.52. The highest BCUT2D eigenvalue weighted by Crippen LogP contribution is 2.53. The molecule has 2 aliphatic carbocycles. The molecule has 0 heterocycles. The molecule has 0 aromatic heterocycles.